The van der Waals surface area contributed by atoms with Gasteiger partial charge in [0.15, 0.2) is 0 Å². The Kier molecular flexibility index (Phi) is 17.2. The zero-order valence-electron chi connectivity index (χ0n) is 21.7. The normalized spacial score (nSPS) is 11.6. The quantitative estimate of drug-likeness (QED) is 0.153. The van der Waals surface area contributed by atoms with Gasteiger partial charge in [-0.25, -0.2) is 0 Å². The molecular weight excluding hydrogens is 392 g/mol. The Morgan fingerprint density at radius 2 is 1.22 bits per heavy atom. The molecule has 1 N–H and O–H groups in total. The molecule has 0 aliphatic rings. The van der Waals surface area contributed by atoms with Crippen LogP contribution in [0, 0.1) is 0 Å². The van der Waals surface area contributed by atoms with Crippen LogP contribution in [0.2, 0.25) is 0 Å². The largest absolute Gasteiger partial charge is 0.356 e. The fourth-order valence-corrected chi connectivity index (χ4v) is 4.46. The van der Waals surface area contributed by atoms with Crippen LogP contribution >= 0.6 is 0 Å². The molecule has 3 nitrogen and oxygen atoms in total. The van der Waals surface area contributed by atoms with Crippen molar-refractivity contribution in [3.05, 3.63) is 35.9 Å². The number of hydrogen-bond donors (Lipinski definition) is 1. The zero-order valence-corrected chi connectivity index (χ0v) is 21.7. The summed E-state index contributed by atoms with van der Waals surface area (Å²) in [6.45, 7) is 5.20. The molecule has 3 heteroatoms. The molecule has 0 atom stereocenters. The van der Waals surface area contributed by atoms with Crippen molar-refractivity contribution in [3.63, 3.8) is 0 Å². The third kappa shape index (κ3) is 17.2. The predicted octanol–water partition coefficient (Wildman–Crippen LogP) is 7.64. The molecule has 0 aromatic heterocycles. The van der Waals surface area contributed by atoms with Crippen molar-refractivity contribution in [3.8, 4) is 0 Å². The smallest absolute Gasteiger partial charge is 0.219 e. The van der Waals surface area contributed by atoms with Crippen LogP contribution in [-0.4, -0.2) is 37.6 Å². The molecule has 0 radical (unpaired) electrons. The molecule has 1 amide bonds. The molecule has 0 saturated heterocycles. The molecule has 1 rings (SSSR count). The van der Waals surface area contributed by atoms with Gasteiger partial charge >= 0.3 is 0 Å². The van der Waals surface area contributed by atoms with E-state index >= 15 is 0 Å². The minimum atomic E-state index is 0.234. The molecule has 184 valence electrons. The zero-order chi connectivity index (χ0) is 23.3. The van der Waals surface area contributed by atoms with Crippen molar-refractivity contribution in [2.45, 2.75) is 116 Å². The summed E-state index contributed by atoms with van der Waals surface area (Å²) in [5.41, 5.74) is 1.37. The fourth-order valence-electron chi connectivity index (χ4n) is 4.46. The molecule has 0 fully saturated rings. The lowest BCUT2D eigenvalue weighted by molar-refractivity contribution is -0.903. The standard InChI is InChI=1S/C29H52N2O/c1-4-5-6-7-8-9-10-11-12-13-14-15-16-20-24-29(32)30-25-21-26-31(2,3)27-28-22-18-17-19-23-28/h17-19,22-23H,4-16,20-21,24-27H2,1-3H3/p+1. The van der Waals surface area contributed by atoms with Gasteiger partial charge in [0.25, 0.3) is 0 Å². The number of carbonyl (C=O) groups excluding carboxylic acids is 1. The Labute approximate surface area is 200 Å². The van der Waals surface area contributed by atoms with Crippen LogP contribution in [0.5, 0.6) is 0 Å². The molecule has 32 heavy (non-hydrogen) atoms. The summed E-state index contributed by atoms with van der Waals surface area (Å²) >= 11 is 0. The number of amides is 1. The first-order chi connectivity index (χ1) is 15.5. The molecule has 1 aromatic rings. The molecule has 0 aliphatic heterocycles. The van der Waals surface area contributed by atoms with Crippen LogP contribution in [0.15, 0.2) is 30.3 Å². The first-order valence-electron chi connectivity index (χ1n) is 13.7. The van der Waals surface area contributed by atoms with E-state index in [0.29, 0.717) is 6.42 Å². The van der Waals surface area contributed by atoms with Gasteiger partial charge in [-0.05, 0) is 6.42 Å². The second-order valence-corrected chi connectivity index (χ2v) is 10.4. The van der Waals surface area contributed by atoms with E-state index in [9.17, 15) is 4.79 Å². The highest BCUT2D eigenvalue weighted by molar-refractivity contribution is 5.75. The Morgan fingerprint density at radius 1 is 0.719 bits per heavy atom. The van der Waals surface area contributed by atoms with Crippen LogP contribution in [0.3, 0.4) is 0 Å². The highest BCUT2D eigenvalue weighted by atomic mass is 16.1. The highest BCUT2D eigenvalue weighted by Gasteiger charge is 2.15. The van der Waals surface area contributed by atoms with E-state index in [1.54, 1.807) is 0 Å². The van der Waals surface area contributed by atoms with Crippen molar-refractivity contribution in [2.24, 2.45) is 0 Å². The maximum Gasteiger partial charge on any atom is 0.219 e. The summed E-state index contributed by atoms with van der Waals surface area (Å²) in [6, 6.07) is 10.7. The van der Waals surface area contributed by atoms with Crippen LogP contribution < -0.4 is 5.32 Å². The van der Waals surface area contributed by atoms with Gasteiger partial charge in [0, 0.05) is 24.9 Å². The number of carbonyl (C=O) groups is 1. The van der Waals surface area contributed by atoms with Gasteiger partial charge in [0.05, 0.1) is 20.6 Å². The Bertz CT molecular complexity index is 556. The second kappa shape index (κ2) is 19.1. The summed E-state index contributed by atoms with van der Waals surface area (Å²) in [5.74, 6) is 0.234. The van der Waals surface area contributed by atoms with E-state index in [1.165, 1.54) is 89.0 Å². The molecule has 0 heterocycles. The average Bonchev–Trinajstić information content (AvgIpc) is 2.77. The van der Waals surface area contributed by atoms with Crippen LogP contribution in [0.25, 0.3) is 0 Å². The summed E-state index contributed by atoms with van der Waals surface area (Å²) in [5, 5.41) is 3.12. The molecule has 1 aromatic carbocycles. The predicted molar refractivity (Wildman–Crippen MR) is 140 cm³/mol. The highest BCUT2D eigenvalue weighted by Crippen LogP contribution is 2.13. The molecular formula is C29H53N2O+. The summed E-state index contributed by atoms with van der Waals surface area (Å²) in [4.78, 5) is 12.1. The van der Waals surface area contributed by atoms with Crippen molar-refractivity contribution in [2.75, 3.05) is 27.2 Å². The first kappa shape index (κ1) is 28.7. The lowest BCUT2D eigenvalue weighted by Crippen LogP contribution is -2.41. The van der Waals surface area contributed by atoms with Crippen molar-refractivity contribution in [1.29, 1.82) is 0 Å². The molecule has 0 saturated carbocycles. The summed E-state index contributed by atoms with van der Waals surface area (Å²) < 4.78 is 0.957. The number of quaternary nitrogens is 1. The average molecular weight is 446 g/mol. The Hall–Kier alpha value is -1.35. The van der Waals surface area contributed by atoms with E-state index in [2.05, 4.69) is 56.7 Å². The van der Waals surface area contributed by atoms with Crippen LogP contribution in [0.4, 0.5) is 0 Å². The minimum absolute atomic E-state index is 0.234. The van der Waals surface area contributed by atoms with Crippen molar-refractivity contribution >= 4 is 5.91 Å². The van der Waals surface area contributed by atoms with Gasteiger partial charge in [-0.3, -0.25) is 4.79 Å². The van der Waals surface area contributed by atoms with E-state index in [-0.39, 0.29) is 5.91 Å². The number of rotatable bonds is 21. The van der Waals surface area contributed by atoms with Gasteiger partial charge in [0.2, 0.25) is 5.91 Å². The lowest BCUT2D eigenvalue weighted by atomic mass is 10.0. The SMILES string of the molecule is CCCCCCCCCCCCCCCCC(=O)NCCC[N+](C)(C)Cc1ccccc1. The maximum atomic E-state index is 12.1. The Balaban J connectivity index is 1.86. The van der Waals surface area contributed by atoms with Crippen LogP contribution in [0.1, 0.15) is 115 Å². The monoisotopic (exact) mass is 445 g/mol. The van der Waals surface area contributed by atoms with Gasteiger partial charge in [-0.1, -0.05) is 121 Å². The Morgan fingerprint density at radius 3 is 1.75 bits per heavy atom. The van der Waals surface area contributed by atoms with Gasteiger partial charge in [-0.2, -0.15) is 0 Å². The number of nitrogens with zero attached hydrogens (tertiary/aromatic N) is 1. The number of benzene rings is 1. The van der Waals surface area contributed by atoms with Crippen LogP contribution in [-0.2, 0) is 11.3 Å². The third-order valence-electron chi connectivity index (χ3n) is 6.47. The maximum absolute atomic E-state index is 12.1. The molecule has 0 bridgehead atoms. The van der Waals surface area contributed by atoms with E-state index < -0.39 is 0 Å². The second-order valence-electron chi connectivity index (χ2n) is 10.4. The lowest BCUT2D eigenvalue weighted by Gasteiger charge is -2.30. The number of unbranched alkanes of at least 4 members (excludes halogenated alkanes) is 13. The fraction of sp³-hybridized carbons (Fsp3) is 0.759. The van der Waals surface area contributed by atoms with E-state index in [0.717, 1.165) is 37.0 Å². The third-order valence-corrected chi connectivity index (χ3v) is 6.47. The topological polar surface area (TPSA) is 29.1 Å². The van der Waals surface area contributed by atoms with Gasteiger partial charge < -0.3 is 9.80 Å². The van der Waals surface area contributed by atoms with E-state index in [1.807, 2.05) is 0 Å². The summed E-state index contributed by atoms with van der Waals surface area (Å²) in [6.07, 6.45) is 20.7. The van der Waals surface area contributed by atoms with Crippen molar-refractivity contribution < 1.29 is 9.28 Å². The van der Waals surface area contributed by atoms with Gasteiger partial charge in [-0.15, -0.1) is 0 Å². The van der Waals surface area contributed by atoms with Gasteiger partial charge in [0.1, 0.15) is 6.54 Å². The molecule has 0 spiro atoms. The number of hydrogen-bond acceptors (Lipinski definition) is 1. The molecule has 0 unspecified atom stereocenters. The van der Waals surface area contributed by atoms with Crippen molar-refractivity contribution in [1.82, 2.24) is 5.32 Å². The molecule has 0 aliphatic carbocycles. The summed E-state index contributed by atoms with van der Waals surface area (Å²) in [7, 11) is 4.53. The van der Waals surface area contributed by atoms with E-state index in [4.69, 9.17) is 0 Å². The minimum Gasteiger partial charge on any atom is -0.356 e. The number of nitrogens with one attached hydrogen (secondary N) is 1. The first-order valence-corrected chi connectivity index (χ1v) is 13.7.